The zero-order valence-corrected chi connectivity index (χ0v) is 9.92. The van der Waals surface area contributed by atoms with Crippen molar-refractivity contribution in [2.24, 2.45) is 11.8 Å². The van der Waals surface area contributed by atoms with Crippen molar-refractivity contribution in [2.45, 2.75) is 46.3 Å². The standard InChI is InChI=1S/C11H25NO/c1-8(2)7-10(12-5)11(13-6)9(3)4/h8-12H,7H2,1-6H3. The molecule has 0 aliphatic heterocycles. The van der Waals surface area contributed by atoms with Gasteiger partial charge in [-0.1, -0.05) is 27.7 Å². The van der Waals surface area contributed by atoms with Crippen LogP contribution in [0.3, 0.4) is 0 Å². The summed E-state index contributed by atoms with van der Waals surface area (Å²) in [4.78, 5) is 0. The molecule has 0 aromatic rings. The van der Waals surface area contributed by atoms with Gasteiger partial charge in [0.05, 0.1) is 6.10 Å². The van der Waals surface area contributed by atoms with Crippen molar-refractivity contribution in [3.8, 4) is 0 Å². The van der Waals surface area contributed by atoms with Crippen molar-refractivity contribution in [2.75, 3.05) is 14.2 Å². The monoisotopic (exact) mass is 187 g/mol. The maximum atomic E-state index is 5.50. The molecule has 0 saturated heterocycles. The molecule has 2 atom stereocenters. The van der Waals surface area contributed by atoms with Gasteiger partial charge in [-0.2, -0.15) is 0 Å². The first-order chi connectivity index (χ1) is 6.02. The molecule has 80 valence electrons. The van der Waals surface area contributed by atoms with Crippen molar-refractivity contribution in [3.05, 3.63) is 0 Å². The van der Waals surface area contributed by atoms with Crippen LogP contribution >= 0.6 is 0 Å². The fraction of sp³-hybridized carbons (Fsp3) is 1.00. The fourth-order valence-corrected chi connectivity index (χ4v) is 1.83. The third-order valence-corrected chi connectivity index (χ3v) is 2.42. The lowest BCUT2D eigenvalue weighted by Gasteiger charge is -2.29. The Morgan fingerprint density at radius 3 is 1.92 bits per heavy atom. The minimum atomic E-state index is 0.326. The van der Waals surface area contributed by atoms with E-state index in [4.69, 9.17) is 4.74 Å². The van der Waals surface area contributed by atoms with E-state index in [1.165, 1.54) is 6.42 Å². The average Bonchev–Trinajstić information content (AvgIpc) is 2.02. The lowest BCUT2D eigenvalue weighted by Crippen LogP contribution is -2.42. The summed E-state index contributed by atoms with van der Waals surface area (Å²) in [6, 6.07) is 0.477. The molecule has 0 aromatic carbocycles. The highest BCUT2D eigenvalue weighted by Crippen LogP contribution is 2.16. The van der Waals surface area contributed by atoms with Crippen LogP contribution in [0.25, 0.3) is 0 Å². The van der Waals surface area contributed by atoms with E-state index in [1.54, 1.807) is 7.11 Å². The van der Waals surface area contributed by atoms with Crippen LogP contribution in [0.15, 0.2) is 0 Å². The average molecular weight is 187 g/mol. The molecule has 0 radical (unpaired) electrons. The van der Waals surface area contributed by atoms with Crippen LogP contribution in [-0.2, 0) is 4.74 Å². The van der Waals surface area contributed by atoms with E-state index >= 15 is 0 Å². The van der Waals surface area contributed by atoms with Crippen LogP contribution in [0.2, 0.25) is 0 Å². The Morgan fingerprint density at radius 2 is 1.69 bits per heavy atom. The molecular weight excluding hydrogens is 162 g/mol. The highest BCUT2D eigenvalue weighted by molar-refractivity contribution is 4.79. The number of hydrogen-bond donors (Lipinski definition) is 1. The van der Waals surface area contributed by atoms with Gasteiger partial charge >= 0.3 is 0 Å². The molecular formula is C11H25NO. The third kappa shape index (κ3) is 4.63. The number of rotatable bonds is 6. The number of hydrogen-bond acceptors (Lipinski definition) is 2. The van der Waals surface area contributed by atoms with Gasteiger partial charge in [0.2, 0.25) is 0 Å². The van der Waals surface area contributed by atoms with Crippen LogP contribution in [0.5, 0.6) is 0 Å². The lowest BCUT2D eigenvalue weighted by molar-refractivity contribution is 0.0294. The summed E-state index contributed by atoms with van der Waals surface area (Å²) in [5.41, 5.74) is 0. The maximum absolute atomic E-state index is 5.50. The van der Waals surface area contributed by atoms with E-state index in [0.717, 1.165) is 0 Å². The van der Waals surface area contributed by atoms with Crippen molar-refractivity contribution >= 4 is 0 Å². The smallest absolute Gasteiger partial charge is 0.0747 e. The third-order valence-electron chi connectivity index (χ3n) is 2.42. The van der Waals surface area contributed by atoms with E-state index in [9.17, 15) is 0 Å². The summed E-state index contributed by atoms with van der Waals surface area (Å²) >= 11 is 0. The number of ether oxygens (including phenoxy) is 1. The minimum Gasteiger partial charge on any atom is -0.380 e. The Labute approximate surface area is 83.1 Å². The quantitative estimate of drug-likeness (QED) is 0.689. The number of methoxy groups -OCH3 is 1. The Kier molecular flexibility index (Phi) is 6.35. The Hall–Kier alpha value is -0.0800. The Bertz CT molecular complexity index is 123. The first-order valence-electron chi connectivity index (χ1n) is 5.23. The molecule has 2 heteroatoms. The normalized spacial score (nSPS) is 16.6. The summed E-state index contributed by atoms with van der Waals surface area (Å²) in [5, 5.41) is 3.34. The SMILES string of the molecule is CNC(CC(C)C)C(OC)C(C)C. The molecule has 0 fully saturated rings. The molecule has 0 spiro atoms. The van der Waals surface area contributed by atoms with Gasteiger partial charge in [-0.25, -0.2) is 0 Å². The first kappa shape index (κ1) is 12.9. The van der Waals surface area contributed by atoms with Gasteiger partial charge in [0.25, 0.3) is 0 Å². The van der Waals surface area contributed by atoms with Gasteiger partial charge in [-0.3, -0.25) is 0 Å². The van der Waals surface area contributed by atoms with E-state index in [0.29, 0.717) is 24.0 Å². The van der Waals surface area contributed by atoms with Gasteiger partial charge in [-0.05, 0) is 25.3 Å². The van der Waals surface area contributed by atoms with Gasteiger partial charge in [0.15, 0.2) is 0 Å². The van der Waals surface area contributed by atoms with Crippen molar-refractivity contribution in [3.63, 3.8) is 0 Å². The number of nitrogens with one attached hydrogen (secondary N) is 1. The topological polar surface area (TPSA) is 21.3 Å². The zero-order valence-electron chi connectivity index (χ0n) is 9.92. The molecule has 13 heavy (non-hydrogen) atoms. The summed E-state index contributed by atoms with van der Waals surface area (Å²) in [7, 11) is 3.82. The maximum Gasteiger partial charge on any atom is 0.0747 e. The second kappa shape index (κ2) is 6.39. The highest BCUT2D eigenvalue weighted by Gasteiger charge is 2.23. The summed E-state index contributed by atoms with van der Waals surface area (Å²) in [6.45, 7) is 8.91. The Balaban J connectivity index is 4.16. The highest BCUT2D eigenvalue weighted by atomic mass is 16.5. The van der Waals surface area contributed by atoms with E-state index in [1.807, 2.05) is 7.05 Å². The molecule has 0 saturated carbocycles. The first-order valence-corrected chi connectivity index (χ1v) is 5.23. The van der Waals surface area contributed by atoms with Crippen LogP contribution in [0.1, 0.15) is 34.1 Å². The molecule has 1 N–H and O–H groups in total. The number of likely N-dealkylation sites (N-methyl/N-ethyl adjacent to an activating group) is 1. The van der Waals surface area contributed by atoms with Gasteiger partial charge in [0, 0.05) is 13.2 Å². The van der Waals surface area contributed by atoms with Crippen molar-refractivity contribution in [1.82, 2.24) is 5.32 Å². The zero-order chi connectivity index (χ0) is 10.4. The molecule has 0 amide bonds. The molecule has 0 bridgehead atoms. The van der Waals surface area contributed by atoms with E-state index in [-0.39, 0.29) is 0 Å². The minimum absolute atomic E-state index is 0.326. The van der Waals surface area contributed by atoms with E-state index in [2.05, 4.69) is 33.0 Å². The second-order valence-electron chi connectivity index (χ2n) is 4.47. The van der Waals surface area contributed by atoms with Crippen molar-refractivity contribution < 1.29 is 4.74 Å². The van der Waals surface area contributed by atoms with E-state index < -0.39 is 0 Å². The largest absolute Gasteiger partial charge is 0.380 e. The van der Waals surface area contributed by atoms with Crippen LogP contribution in [0.4, 0.5) is 0 Å². The summed E-state index contributed by atoms with van der Waals surface area (Å²) < 4.78 is 5.50. The fourth-order valence-electron chi connectivity index (χ4n) is 1.83. The molecule has 0 aliphatic carbocycles. The summed E-state index contributed by atoms with van der Waals surface area (Å²) in [5.74, 6) is 1.29. The molecule has 2 nitrogen and oxygen atoms in total. The molecule has 0 heterocycles. The predicted octanol–water partition coefficient (Wildman–Crippen LogP) is 2.29. The van der Waals surface area contributed by atoms with Crippen molar-refractivity contribution in [1.29, 1.82) is 0 Å². The van der Waals surface area contributed by atoms with Crippen LogP contribution < -0.4 is 5.32 Å². The molecule has 0 aliphatic rings. The van der Waals surface area contributed by atoms with Crippen LogP contribution in [0, 0.1) is 11.8 Å². The van der Waals surface area contributed by atoms with Gasteiger partial charge in [-0.15, -0.1) is 0 Å². The predicted molar refractivity (Wildman–Crippen MR) is 57.9 cm³/mol. The van der Waals surface area contributed by atoms with Gasteiger partial charge < -0.3 is 10.1 Å². The Morgan fingerprint density at radius 1 is 1.15 bits per heavy atom. The molecule has 0 aromatic heterocycles. The lowest BCUT2D eigenvalue weighted by atomic mass is 9.93. The van der Waals surface area contributed by atoms with Gasteiger partial charge in [0.1, 0.15) is 0 Å². The summed E-state index contributed by atoms with van der Waals surface area (Å²) in [6.07, 6.45) is 1.50. The molecule has 2 unspecified atom stereocenters. The van der Waals surface area contributed by atoms with Crippen LogP contribution in [-0.4, -0.2) is 26.3 Å². The molecule has 0 rings (SSSR count). The second-order valence-corrected chi connectivity index (χ2v) is 4.47.